The van der Waals surface area contributed by atoms with Crippen LogP contribution in [-0.4, -0.2) is 20.6 Å². The van der Waals surface area contributed by atoms with Gasteiger partial charge >= 0.3 is 5.97 Å². The molecule has 0 aliphatic rings. The van der Waals surface area contributed by atoms with Crippen molar-refractivity contribution in [3.8, 4) is 5.75 Å². The summed E-state index contributed by atoms with van der Waals surface area (Å²) >= 11 is 6.23. The summed E-state index contributed by atoms with van der Waals surface area (Å²) in [7, 11) is 0. The number of ether oxygens (including phenoxy) is 1. The van der Waals surface area contributed by atoms with Crippen molar-refractivity contribution in [1.82, 2.24) is 9.55 Å². The number of rotatable bonds is 9. The van der Waals surface area contributed by atoms with Crippen molar-refractivity contribution in [2.75, 3.05) is 0 Å². The minimum atomic E-state index is -1.05. The van der Waals surface area contributed by atoms with Crippen LogP contribution in [-0.2, 0) is 32.4 Å². The number of halogens is 1. The highest BCUT2D eigenvalue weighted by molar-refractivity contribution is 6.34. The Morgan fingerprint density at radius 2 is 1.74 bits per heavy atom. The van der Waals surface area contributed by atoms with Gasteiger partial charge in [0.1, 0.15) is 18.2 Å². The molecule has 6 heteroatoms. The summed E-state index contributed by atoms with van der Waals surface area (Å²) in [5.41, 5.74) is 6.85. The first kappa shape index (κ1) is 23.8. The fraction of sp³-hybridized carbons (Fsp3) is 0.286. The van der Waals surface area contributed by atoms with Crippen LogP contribution in [0.3, 0.4) is 0 Å². The number of aromatic nitrogens is 2. The maximum absolute atomic E-state index is 11.3. The minimum absolute atomic E-state index is 0.0786. The van der Waals surface area contributed by atoms with Crippen molar-refractivity contribution in [2.45, 2.75) is 53.2 Å². The molecule has 4 rings (SSSR count). The quantitative estimate of drug-likeness (QED) is 0.292. The molecule has 34 heavy (non-hydrogen) atoms. The molecule has 0 atom stereocenters. The van der Waals surface area contributed by atoms with E-state index in [0.717, 1.165) is 42.7 Å². The molecule has 176 valence electrons. The third kappa shape index (κ3) is 4.80. The standard InChI is InChI=1S/C28H29ClN2O3/c1-4-18-14-20(5-2)27-24(15-18)30-25(6-3)31(27)16-19-10-12-22(13-11-19)34-17-21-8-7-9-23(26(21)29)28(32)33/h7-15H,4-6,16-17H2,1-3H3,(H,32,33). The maximum Gasteiger partial charge on any atom is 0.337 e. The summed E-state index contributed by atoms with van der Waals surface area (Å²) in [5, 5.41) is 9.45. The minimum Gasteiger partial charge on any atom is -0.489 e. The number of fused-ring (bicyclic) bond motifs is 1. The van der Waals surface area contributed by atoms with Crippen LogP contribution in [0.25, 0.3) is 11.0 Å². The van der Waals surface area contributed by atoms with E-state index in [1.165, 1.54) is 22.7 Å². The Morgan fingerprint density at radius 1 is 0.971 bits per heavy atom. The van der Waals surface area contributed by atoms with E-state index in [4.69, 9.17) is 21.3 Å². The van der Waals surface area contributed by atoms with Crippen LogP contribution in [0.15, 0.2) is 54.6 Å². The number of nitrogens with zero attached hydrogens (tertiary/aromatic N) is 2. The third-order valence-electron chi connectivity index (χ3n) is 6.13. The topological polar surface area (TPSA) is 64.4 Å². The summed E-state index contributed by atoms with van der Waals surface area (Å²) < 4.78 is 8.21. The van der Waals surface area contributed by atoms with Crippen LogP contribution in [0.4, 0.5) is 0 Å². The zero-order valence-electron chi connectivity index (χ0n) is 19.8. The van der Waals surface area contributed by atoms with Crippen molar-refractivity contribution < 1.29 is 14.6 Å². The highest BCUT2D eigenvalue weighted by atomic mass is 35.5. The molecule has 0 bridgehead atoms. The van der Waals surface area contributed by atoms with E-state index in [1.54, 1.807) is 12.1 Å². The first-order valence-electron chi connectivity index (χ1n) is 11.7. The lowest BCUT2D eigenvalue weighted by Gasteiger charge is -2.13. The summed E-state index contributed by atoms with van der Waals surface area (Å²) in [4.78, 5) is 16.2. The van der Waals surface area contributed by atoms with Gasteiger partial charge in [-0.2, -0.15) is 0 Å². The summed E-state index contributed by atoms with van der Waals surface area (Å²) in [6, 6.07) is 17.4. The second-order valence-electron chi connectivity index (χ2n) is 8.31. The van der Waals surface area contributed by atoms with Gasteiger partial charge in [-0.15, -0.1) is 0 Å². The van der Waals surface area contributed by atoms with Gasteiger partial charge in [0.15, 0.2) is 0 Å². The van der Waals surface area contributed by atoms with Crippen molar-refractivity contribution in [2.24, 2.45) is 0 Å². The van der Waals surface area contributed by atoms with E-state index >= 15 is 0 Å². The number of imidazole rings is 1. The molecule has 3 aromatic carbocycles. The number of aromatic carboxylic acids is 1. The molecule has 0 unspecified atom stereocenters. The van der Waals surface area contributed by atoms with E-state index < -0.39 is 5.97 Å². The number of carboxylic acids is 1. The lowest BCUT2D eigenvalue weighted by atomic mass is 10.0. The smallest absolute Gasteiger partial charge is 0.337 e. The summed E-state index contributed by atoms with van der Waals surface area (Å²) in [6.45, 7) is 7.46. The van der Waals surface area contributed by atoms with Crippen LogP contribution in [0.2, 0.25) is 5.02 Å². The number of hydrogen-bond donors (Lipinski definition) is 1. The van der Waals surface area contributed by atoms with Gasteiger partial charge in [0, 0.05) is 18.5 Å². The molecule has 5 nitrogen and oxygen atoms in total. The number of hydrogen-bond acceptors (Lipinski definition) is 3. The van der Waals surface area contributed by atoms with Gasteiger partial charge in [-0.05, 0) is 53.8 Å². The summed E-state index contributed by atoms with van der Waals surface area (Å²) in [6.07, 6.45) is 2.85. The number of aryl methyl sites for hydroxylation is 3. The molecule has 0 spiro atoms. The van der Waals surface area contributed by atoms with Crippen molar-refractivity contribution in [3.05, 3.63) is 93.3 Å². The van der Waals surface area contributed by atoms with E-state index in [9.17, 15) is 9.90 Å². The van der Waals surface area contributed by atoms with Crippen LogP contribution >= 0.6 is 11.6 Å². The molecular formula is C28H29ClN2O3. The SMILES string of the molecule is CCc1cc(CC)c2c(c1)nc(CC)n2Cc1ccc(OCc2cccc(C(=O)O)c2Cl)cc1. The van der Waals surface area contributed by atoms with Gasteiger partial charge in [0.05, 0.1) is 21.6 Å². The third-order valence-corrected chi connectivity index (χ3v) is 6.58. The molecule has 1 heterocycles. The first-order valence-corrected chi connectivity index (χ1v) is 12.1. The van der Waals surface area contributed by atoms with Gasteiger partial charge < -0.3 is 14.4 Å². The fourth-order valence-electron chi connectivity index (χ4n) is 4.27. The van der Waals surface area contributed by atoms with E-state index in [2.05, 4.69) is 49.6 Å². The van der Waals surface area contributed by atoms with Crippen LogP contribution < -0.4 is 4.74 Å². The molecule has 0 aliphatic carbocycles. The van der Waals surface area contributed by atoms with Crippen LogP contribution in [0, 0.1) is 0 Å². The van der Waals surface area contributed by atoms with Crippen molar-refractivity contribution in [3.63, 3.8) is 0 Å². The Bertz CT molecular complexity index is 1330. The zero-order valence-corrected chi connectivity index (χ0v) is 20.5. The molecule has 4 aromatic rings. The van der Waals surface area contributed by atoms with E-state index in [-0.39, 0.29) is 17.2 Å². The zero-order chi connectivity index (χ0) is 24.2. The van der Waals surface area contributed by atoms with Crippen LogP contribution in [0.5, 0.6) is 5.75 Å². The first-order chi connectivity index (χ1) is 16.4. The molecule has 1 aromatic heterocycles. The molecule has 0 fully saturated rings. The highest BCUT2D eigenvalue weighted by Crippen LogP contribution is 2.27. The van der Waals surface area contributed by atoms with Gasteiger partial charge in [-0.25, -0.2) is 9.78 Å². The second-order valence-corrected chi connectivity index (χ2v) is 8.69. The van der Waals surface area contributed by atoms with Gasteiger partial charge in [0.25, 0.3) is 0 Å². The summed E-state index contributed by atoms with van der Waals surface area (Å²) in [5.74, 6) is 0.742. The Labute approximate surface area is 205 Å². The number of benzene rings is 3. The highest BCUT2D eigenvalue weighted by Gasteiger charge is 2.15. The van der Waals surface area contributed by atoms with Crippen molar-refractivity contribution >= 4 is 28.6 Å². The van der Waals surface area contributed by atoms with Gasteiger partial charge in [-0.1, -0.05) is 62.7 Å². The molecule has 0 amide bonds. The van der Waals surface area contributed by atoms with Crippen LogP contribution in [0.1, 0.15) is 59.2 Å². The Hall–Kier alpha value is -3.31. The largest absolute Gasteiger partial charge is 0.489 e. The number of carboxylic acid groups (broad SMARTS) is 1. The average Bonchev–Trinajstić information content (AvgIpc) is 3.20. The van der Waals surface area contributed by atoms with Crippen molar-refractivity contribution in [1.29, 1.82) is 0 Å². The molecule has 0 aliphatic heterocycles. The maximum atomic E-state index is 11.3. The van der Waals surface area contributed by atoms with E-state index in [0.29, 0.717) is 11.3 Å². The second kappa shape index (κ2) is 10.3. The fourth-order valence-corrected chi connectivity index (χ4v) is 4.53. The molecular weight excluding hydrogens is 448 g/mol. The molecule has 1 N–H and O–H groups in total. The van der Waals surface area contributed by atoms with E-state index in [1.807, 2.05) is 12.1 Å². The average molecular weight is 477 g/mol. The Morgan fingerprint density at radius 3 is 2.38 bits per heavy atom. The molecule has 0 radical (unpaired) electrons. The van der Waals surface area contributed by atoms with Gasteiger partial charge in [-0.3, -0.25) is 0 Å². The Balaban J connectivity index is 1.54. The monoisotopic (exact) mass is 476 g/mol. The molecule has 0 saturated carbocycles. The lowest BCUT2D eigenvalue weighted by molar-refractivity contribution is 0.0697. The Kier molecular flexibility index (Phi) is 7.23. The lowest BCUT2D eigenvalue weighted by Crippen LogP contribution is -2.06. The molecule has 0 saturated heterocycles. The predicted molar refractivity (Wildman–Crippen MR) is 136 cm³/mol. The number of carbonyl (C=O) groups is 1. The normalized spacial score (nSPS) is 11.2. The van der Waals surface area contributed by atoms with Gasteiger partial charge in [0.2, 0.25) is 0 Å². The predicted octanol–water partition coefficient (Wildman–Crippen LogP) is 6.70.